The van der Waals surface area contributed by atoms with Crippen LogP contribution in [-0.4, -0.2) is 36.8 Å². The van der Waals surface area contributed by atoms with Crippen LogP contribution in [0.1, 0.15) is 38.0 Å². The van der Waals surface area contributed by atoms with E-state index in [2.05, 4.69) is 42.0 Å². The molecule has 0 bridgehead atoms. The molecule has 1 heterocycles. The highest BCUT2D eigenvalue weighted by molar-refractivity contribution is 7.09. The maximum Gasteiger partial charge on any atom is 0.191 e. The highest BCUT2D eigenvalue weighted by atomic mass is 32.1. The van der Waals surface area contributed by atoms with Gasteiger partial charge in [-0.05, 0) is 43.6 Å². The van der Waals surface area contributed by atoms with Crippen molar-refractivity contribution >= 4 is 17.3 Å². The molecule has 3 unspecified atom stereocenters. The second-order valence-corrected chi connectivity index (χ2v) is 7.28. The molecule has 2 rings (SSSR count). The fraction of sp³-hybridized carbons (Fsp3) is 0.706. The summed E-state index contributed by atoms with van der Waals surface area (Å²) in [4.78, 5) is 6.12. The van der Waals surface area contributed by atoms with Crippen LogP contribution >= 0.6 is 11.3 Å². The molecule has 1 aliphatic rings. The summed E-state index contributed by atoms with van der Waals surface area (Å²) < 4.78 is 0. The molecule has 0 aliphatic heterocycles. The smallest absolute Gasteiger partial charge is 0.191 e. The number of rotatable bonds is 7. The molecule has 3 N–H and O–H groups in total. The number of guanidine groups is 1. The number of thiophene rings is 1. The average molecular weight is 324 g/mol. The predicted octanol–water partition coefficient (Wildman–Crippen LogP) is 2.64. The van der Waals surface area contributed by atoms with Crippen molar-refractivity contribution < 1.29 is 5.11 Å². The fourth-order valence-electron chi connectivity index (χ4n) is 2.91. The van der Waals surface area contributed by atoms with Gasteiger partial charge in [-0.15, -0.1) is 11.3 Å². The van der Waals surface area contributed by atoms with Gasteiger partial charge in [-0.3, -0.25) is 4.99 Å². The summed E-state index contributed by atoms with van der Waals surface area (Å²) in [5, 5.41) is 18.7. The van der Waals surface area contributed by atoms with Crippen molar-refractivity contribution in [2.45, 2.75) is 45.6 Å². The van der Waals surface area contributed by atoms with E-state index in [-0.39, 0.29) is 6.10 Å². The molecule has 3 atom stereocenters. The molecule has 5 heteroatoms. The summed E-state index contributed by atoms with van der Waals surface area (Å²) in [6.45, 7) is 6.81. The zero-order valence-corrected chi connectivity index (χ0v) is 14.5. The number of aliphatic hydroxyl groups excluding tert-OH is 1. The number of hydrogen-bond acceptors (Lipinski definition) is 3. The van der Waals surface area contributed by atoms with Crippen LogP contribution in [0.2, 0.25) is 0 Å². The van der Waals surface area contributed by atoms with Crippen LogP contribution in [-0.2, 0) is 6.42 Å². The van der Waals surface area contributed by atoms with Crippen LogP contribution < -0.4 is 10.6 Å². The lowest BCUT2D eigenvalue weighted by molar-refractivity contribution is 0.134. The molecule has 1 fully saturated rings. The molecule has 0 aromatic carbocycles. The van der Waals surface area contributed by atoms with E-state index in [0.29, 0.717) is 11.8 Å². The molecule has 1 aromatic heterocycles. The normalized spacial score (nSPS) is 23.5. The zero-order chi connectivity index (χ0) is 15.8. The summed E-state index contributed by atoms with van der Waals surface area (Å²) in [6.07, 6.45) is 4.13. The molecule has 1 aromatic rings. The predicted molar refractivity (Wildman–Crippen MR) is 94.5 cm³/mol. The van der Waals surface area contributed by atoms with E-state index in [1.54, 1.807) is 0 Å². The molecule has 1 aliphatic carbocycles. The molecule has 22 heavy (non-hydrogen) atoms. The van der Waals surface area contributed by atoms with E-state index >= 15 is 0 Å². The van der Waals surface area contributed by atoms with E-state index < -0.39 is 0 Å². The lowest BCUT2D eigenvalue weighted by Crippen LogP contribution is -2.41. The van der Waals surface area contributed by atoms with Crippen molar-refractivity contribution in [2.24, 2.45) is 16.8 Å². The second kappa shape index (κ2) is 9.16. The minimum absolute atomic E-state index is 0.145. The van der Waals surface area contributed by atoms with Gasteiger partial charge in [0.15, 0.2) is 5.96 Å². The Morgan fingerprint density at radius 2 is 2.32 bits per heavy atom. The number of nitrogens with zero attached hydrogens (tertiary/aromatic N) is 1. The third kappa shape index (κ3) is 5.61. The van der Waals surface area contributed by atoms with Crippen molar-refractivity contribution in [2.75, 3.05) is 19.6 Å². The third-order valence-corrected chi connectivity index (χ3v) is 5.08. The Morgan fingerprint density at radius 3 is 2.95 bits per heavy atom. The van der Waals surface area contributed by atoms with Crippen LogP contribution in [0.4, 0.5) is 0 Å². The summed E-state index contributed by atoms with van der Waals surface area (Å²) in [5.41, 5.74) is 0. The largest absolute Gasteiger partial charge is 0.393 e. The van der Waals surface area contributed by atoms with Gasteiger partial charge < -0.3 is 15.7 Å². The molecular formula is C17H29N3OS. The summed E-state index contributed by atoms with van der Waals surface area (Å²) in [7, 11) is 0. The monoisotopic (exact) mass is 323 g/mol. The van der Waals surface area contributed by atoms with Crippen LogP contribution in [0, 0.1) is 11.8 Å². The highest BCUT2D eigenvalue weighted by Crippen LogP contribution is 2.24. The van der Waals surface area contributed by atoms with Gasteiger partial charge in [-0.25, -0.2) is 0 Å². The fourth-order valence-corrected chi connectivity index (χ4v) is 3.78. The summed E-state index contributed by atoms with van der Waals surface area (Å²) in [6, 6.07) is 4.30. The minimum Gasteiger partial charge on any atom is -0.393 e. The van der Waals surface area contributed by atoms with Gasteiger partial charge in [0.05, 0.1) is 6.10 Å². The zero-order valence-electron chi connectivity index (χ0n) is 13.7. The van der Waals surface area contributed by atoms with E-state index in [1.807, 2.05) is 11.3 Å². The van der Waals surface area contributed by atoms with Crippen molar-refractivity contribution in [1.82, 2.24) is 10.6 Å². The SMILES string of the molecule is CCNC(=NCC(C)Cc1cccs1)NCC1CCCC1O. The Labute approximate surface area is 138 Å². The van der Waals surface area contributed by atoms with E-state index in [9.17, 15) is 5.11 Å². The first-order valence-corrected chi connectivity index (χ1v) is 9.29. The van der Waals surface area contributed by atoms with Crippen LogP contribution in [0.3, 0.4) is 0 Å². The summed E-state index contributed by atoms with van der Waals surface area (Å²) >= 11 is 1.82. The number of hydrogen-bond donors (Lipinski definition) is 3. The molecule has 4 nitrogen and oxygen atoms in total. The number of aliphatic hydroxyl groups is 1. The molecule has 0 saturated heterocycles. The van der Waals surface area contributed by atoms with E-state index in [1.165, 1.54) is 4.88 Å². The molecule has 0 radical (unpaired) electrons. The van der Waals surface area contributed by atoms with Crippen molar-refractivity contribution in [3.05, 3.63) is 22.4 Å². The van der Waals surface area contributed by atoms with Gasteiger partial charge in [0, 0.05) is 30.4 Å². The first kappa shape index (κ1) is 17.3. The molecule has 0 amide bonds. The lowest BCUT2D eigenvalue weighted by atomic mass is 10.1. The topological polar surface area (TPSA) is 56.7 Å². The maximum atomic E-state index is 9.89. The van der Waals surface area contributed by atoms with Gasteiger partial charge in [0.1, 0.15) is 0 Å². The molecular weight excluding hydrogens is 294 g/mol. The van der Waals surface area contributed by atoms with E-state index in [0.717, 1.165) is 51.3 Å². The molecule has 1 saturated carbocycles. The molecule has 0 spiro atoms. The quantitative estimate of drug-likeness (QED) is 0.534. The Bertz CT molecular complexity index is 447. The van der Waals surface area contributed by atoms with Gasteiger partial charge in [0.25, 0.3) is 0 Å². The van der Waals surface area contributed by atoms with Gasteiger partial charge in [0.2, 0.25) is 0 Å². The Morgan fingerprint density at radius 1 is 1.45 bits per heavy atom. The van der Waals surface area contributed by atoms with Gasteiger partial charge >= 0.3 is 0 Å². The van der Waals surface area contributed by atoms with Crippen LogP contribution in [0.5, 0.6) is 0 Å². The highest BCUT2D eigenvalue weighted by Gasteiger charge is 2.24. The van der Waals surface area contributed by atoms with Gasteiger partial charge in [-0.1, -0.05) is 19.4 Å². The van der Waals surface area contributed by atoms with Crippen LogP contribution in [0.15, 0.2) is 22.5 Å². The molecule has 124 valence electrons. The minimum atomic E-state index is -0.145. The van der Waals surface area contributed by atoms with Crippen molar-refractivity contribution in [3.8, 4) is 0 Å². The lowest BCUT2D eigenvalue weighted by Gasteiger charge is -2.18. The Kier molecular flexibility index (Phi) is 7.19. The number of aliphatic imine (C=N–C) groups is 1. The van der Waals surface area contributed by atoms with E-state index in [4.69, 9.17) is 4.99 Å². The van der Waals surface area contributed by atoms with Crippen molar-refractivity contribution in [3.63, 3.8) is 0 Å². The first-order chi connectivity index (χ1) is 10.7. The standard InChI is InChI=1S/C17H29N3OS/c1-3-18-17(20-12-14-6-4-8-16(14)21)19-11-13(2)10-15-7-5-9-22-15/h5,7,9,13-14,16,21H,3-4,6,8,10-12H2,1-2H3,(H2,18,19,20). The number of nitrogens with one attached hydrogen (secondary N) is 2. The average Bonchev–Trinajstić information content (AvgIpc) is 3.14. The second-order valence-electron chi connectivity index (χ2n) is 6.25. The van der Waals surface area contributed by atoms with Gasteiger partial charge in [-0.2, -0.15) is 0 Å². The first-order valence-electron chi connectivity index (χ1n) is 8.41. The Hall–Kier alpha value is -1.07. The third-order valence-electron chi connectivity index (χ3n) is 4.19. The van der Waals surface area contributed by atoms with Crippen LogP contribution in [0.25, 0.3) is 0 Å². The Balaban J connectivity index is 1.78. The maximum absolute atomic E-state index is 9.89. The summed E-state index contributed by atoms with van der Waals surface area (Å²) in [5.74, 6) is 1.78. The van der Waals surface area contributed by atoms with Crippen molar-refractivity contribution in [1.29, 1.82) is 0 Å².